The third-order valence-corrected chi connectivity index (χ3v) is 2.17. The van der Waals surface area contributed by atoms with Crippen LogP contribution in [-0.4, -0.2) is 17.7 Å². The van der Waals surface area contributed by atoms with E-state index in [1.807, 2.05) is 12.1 Å². The number of benzene rings is 1. The number of hydrogen-bond donors (Lipinski definition) is 3. The topological polar surface area (TPSA) is 61.4 Å². The van der Waals surface area contributed by atoms with Gasteiger partial charge in [-0.05, 0) is 31.0 Å². The number of carbonyl (C=O) groups is 1. The highest BCUT2D eigenvalue weighted by Gasteiger charge is 2.00. The van der Waals surface area contributed by atoms with Gasteiger partial charge in [-0.25, -0.2) is 0 Å². The van der Waals surface area contributed by atoms with Crippen molar-refractivity contribution in [1.82, 2.24) is 5.32 Å². The smallest absolute Gasteiger partial charge is 0.246 e. The standard InChI is InChI=1S/C12H16N2O2/c1-9(2)12(15)13-8-7-10-3-5-11(14-16)6-4-10/h3-6,14,16H,1,7-8H2,2H3,(H,13,15). The fourth-order valence-corrected chi connectivity index (χ4v) is 1.22. The van der Waals surface area contributed by atoms with Crippen molar-refractivity contribution in [2.45, 2.75) is 13.3 Å². The SMILES string of the molecule is C=C(C)C(=O)NCCc1ccc(NO)cc1. The van der Waals surface area contributed by atoms with E-state index >= 15 is 0 Å². The summed E-state index contributed by atoms with van der Waals surface area (Å²) in [6, 6.07) is 7.34. The fraction of sp³-hybridized carbons (Fsp3) is 0.250. The molecule has 0 heterocycles. The monoisotopic (exact) mass is 220 g/mol. The van der Waals surface area contributed by atoms with Crippen molar-refractivity contribution in [3.8, 4) is 0 Å². The first-order chi connectivity index (χ1) is 7.63. The Balaban J connectivity index is 2.37. The van der Waals surface area contributed by atoms with Crippen LogP contribution in [-0.2, 0) is 11.2 Å². The van der Waals surface area contributed by atoms with Crippen molar-refractivity contribution in [2.24, 2.45) is 0 Å². The molecule has 0 saturated carbocycles. The van der Waals surface area contributed by atoms with Crippen molar-refractivity contribution in [2.75, 3.05) is 12.0 Å². The van der Waals surface area contributed by atoms with Crippen LogP contribution in [0.3, 0.4) is 0 Å². The largest absolute Gasteiger partial charge is 0.352 e. The normalized spacial score (nSPS) is 9.62. The second-order valence-corrected chi connectivity index (χ2v) is 3.59. The van der Waals surface area contributed by atoms with Gasteiger partial charge in [-0.1, -0.05) is 18.7 Å². The van der Waals surface area contributed by atoms with E-state index in [4.69, 9.17) is 5.21 Å². The Hall–Kier alpha value is -1.81. The third kappa shape index (κ3) is 3.74. The highest BCUT2D eigenvalue weighted by molar-refractivity contribution is 5.92. The molecule has 4 heteroatoms. The van der Waals surface area contributed by atoms with Gasteiger partial charge in [0, 0.05) is 12.1 Å². The molecule has 0 spiro atoms. The summed E-state index contributed by atoms with van der Waals surface area (Å²) in [4.78, 5) is 11.2. The van der Waals surface area contributed by atoms with E-state index in [2.05, 4.69) is 17.4 Å². The van der Waals surface area contributed by atoms with Gasteiger partial charge in [0.05, 0.1) is 5.69 Å². The first-order valence-corrected chi connectivity index (χ1v) is 5.06. The summed E-state index contributed by atoms with van der Waals surface area (Å²) in [7, 11) is 0. The van der Waals surface area contributed by atoms with Crippen LogP contribution in [0.5, 0.6) is 0 Å². The van der Waals surface area contributed by atoms with Gasteiger partial charge in [-0.2, -0.15) is 0 Å². The molecule has 1 amide bonds. The molecule has 0 aromatic heterocycles. The van der Waals surface area contributed by atoms with E-state index in [9.17, 15) is 4.79 Å². The van der Waals surface area contributed by atoms with Crippen LogP contribution < -0.4 is 10.8 Å². The molecule has 0 unspecified atom stereocenters. The highest BCUT2D eigenvalue weighted by atomic mass is 16.5. The van der Waals surface area contributed by atoms with Gasteiger partial charge >= 0.3 is 0 Å². The maximum atomic E-state index is 11.2. The van der Waals surface area contributed by atoms with Gasteiger partial charge in [0.1, 0.15) is 0 Å². The molecule has 1 rings (SSSR count). The summed E-state index contributed by atoms with van der Waals surface area (Å²) in [6.07, 6.45) is 0.755. The lowest BCUT2D eigenvalue weighted by atomic mass is 10.1. The molecule has 16 heavy (non-hydrogen) atoms. The molecular formula is C12H16N2O2. The van der Waals surface area contributed by atoms with Crippen molar-refractivity contribution in [3.63, 3.8) is 0 Å². The summed E-state index contributed by atoms with van der Waals surface area (Å²) in [5, 5.41) is 11.4. The fourth-order valence-electron chi connectivity index (χ4n) is 1.22. The molecule has 0 radical (unpaired) electrons. The average Bonchev–Trinajstić information content (AvgIpc) is 2.29. The number of anilines is 1. The van der Waals surface area contributed by atoms with E-state index in [1.54, 1.807) is 19.1 Å². The van der Waals surface area contributed by atoms with Crippen LogP contribution >= 0.6 is 0 Å². The maximum absolute atomic E-state index is 11.2. The number of rotatable bonds is 5. The van der Waals surface area contributed by atoms with E-state index in [1.165, 1.54) is 0 Å². The summed E-state index contributed by atoms with van der Waals surface area (Å²) >= 11 is 0. The van der Waals surface area contributed by atoms with Gasteiger partial charge in [0.25, 0.3) is 0 Å². The van der Waals surface area contributed by atoms with Gasteiger partial charge < -0.3 is 5.32 Å². The molecule has 0 aliphatic carbocycles. The van der Waals surface area contributed by atoms with Crippen molar-refractivity contribution < 1.29 is 10.0 Å². The van der Waals surface area contributed by atoms with Crippen LogP contribution in [0.25, 0.3) is 0 Å². The first kappa shape index (κ1) is 12.3. The lowest BCUT2D eigenvalue weighted by molar-refractivity contribution is -0.117. The van der Waals surface area contributed by atoms with Gasteiger partial charge in [-0.3, -0.25) is 15.5 Å². The first-order valence-electron chi connectivity index (χ1n) is 5.06. The predicted molar refractivity (Wildman–Crippen MR) is 63.4 cm³/mol. The lowest BCUT2D eigenvalue weighted by Crippen LogP contribution is -2.25. The zero-order valence-corrected chi connectivity index (χ0v) is 9.29. The van der Waals surface area contributed by atoms with E-state index in [0.29, 0.717) is 17.8 Å². The van der Waals surface area contributed by atoms with E-state index in [0.717, 1.165) is 12.0 Å². The molecule has 1 aromatic carbocycles. The summed E-state index contributed by atoms with van der Waals surface area (Å²) in [6.45, 7) is 5.81. The molecule has 0 fully saturated rings. The van der Waals surface area contributed by atoms with Crippen LogP contribution in [0, 0.1) is 0 Å². The van der Waals surface area contributed by atoms with Crippen molar-refractivity contribution in [3.05, 3.63) is 42.0 Å². The molecule has 0 aliphatic heterocycles. The minimum Gasteiger partial charge on any atom is -0.352 e. The van der Waals surface area contributed by atoms with Crippen LogP contribution in [0.15, 0.2) is 36.4 Å². The molecule has 3 N–H and O–H groups in total. The zero-order chi connectivity index (χ0) is 12.0. The van der Waals surface area contributed by atoms with E-state index in [-0.39, 0.29) is 5.91 Å². The summed E-state index contributed by atoms with van der Waals surface area (Å²) < 4.78 is 0. The Morgan fingerprint density at radius 2 is 2.00 bits per heavy atom. The molecule has 0 bridgehead atoms. The molecule has 0 saturated heterocycles. The molecule has 4 nitrogen and oxygen atoms in total. The minimum atomic E-state index is -0.117. The molecular weight excluding hydrogens is 204 g/mol. The summed E-state index contributed by atoms with van der Waals surface area (Å²) in [5.74, 6) is -0.117. The minimum absolute atomic E-state index is 0.117. The molecule has 0 aliphatic rings. The Labute approximate surface area is 94.9 Å². The quantitative estimate of drug-likeness (QED) is 0.523. The van der Waals surface area contributed by atoms with Crippen LogP contribution in [0.4, 0.5) is 5.69 Å². The van der Waals surface area contributed by atoms with Gasteiger partial charge in [-0.15, -0.1) is 0 Å². The Morgan fingerprint density at radius 1 is 1.38 bits per heavy atom. The molecule has 86 valence electrons. The zero-order valence-electron chi connectivity index (χ0n) is 9.29. The van der Waals surface area contributed by atoms with Gasteiger partial charge in [0.2, 0.25) is 5.91 Å². The predicted octanol–water partition coefficient (Wildman–Crippen LogP) is 1.72. The number of hydrogen-bond acceptors (Lipinski definition) is 3. The second-order valence-electron chi connectivity index (χ2n) is 3.59. The molecule has 0 atom stereocenters. The number of carbonyl (C=O) groups excluding carboxylic acids is 1. The van der Waals surface area contributed by atoms with Gasteiger partial charge in [0.15, 0.2) is 0 Å². The number of amides is 1. The molecule has 1 aromatic rings. The second kappa shape index (κ2) is 5.92. The average molecular weight is 220 g/mol. The van der Waals surface area contributed by atoms with Crippen molar-refractivity contribution in [1.29, 1.82) is 0 Å². The van der Waals surface area contributed by atoms with Crippen LogP contribution in [0.1, 0.15) is 12.5 Å². The Bertz CT molecular complexity index is 371. The number of nitrogens with one attached hydrogen (secondary N) is 2. The summed E-state index contributed by atoms with van der Waals surface area (Å²) in [5.41, 5.74) is 4.32. The maximum Gasteiger partial charge on any atom is 0.246 e. The lowest BCUT2D eigenvalue weighted by Gasteiger charge is -2.05. The highest BCUT2D eigenvalue weighted by Crippen LogP contribution is 2.08. The van der Waals surface area contributed by atoms with Crippen molar-refractivity contribution >= 4 is 11.6 Å². The van der Waals surface area contributed by atoms with E-state index < -0.39 is 0 Å². The third-order valence-electron chi connectivity index (χ3n) is 2.17. The Morgan fingerprint density at radius 3 is 2.50 bits per heavy atom. The van der Waals surface area contributed by atoms with Crippen LogP contribution in [0.2, 0.25) is 0 Å². The Kier molecular flexibility index (Phi) is 4.54.